The summed E-state index contributed by atoms with van der Waals surface area (Å²) in [5.74, 6) is -2.22. The molecule has 0 spiro atoms. The summed E-state index contributed by atoms with van der Waals surface area (Å²) < 4.78 is 56.4. The zero-order valence-electron chi connectivity index (χ0n) is 22.1. The summed E-state index contributed by atoms with van der Waals surface area (Å²) in [6, 6.07) is 2.92. The Hall–Kier alpha value is -4.33. The van der Waals surface area contributed by atoms with E-state index in [1.807, 2.05) is 25.8 Å². The summed E-state index contributed by atoms with van der Waals surface area (Å²) in [6.45, 7) is 6.16. The summed E-state index contributed by atoms with van der Waals surface area (Å²) in [6.07, 6.45) is -1.73. The molecule has 0 saturated carbocycles. The van der Waals surface area contributed by atoms with E-state index in [1.165, 1.54) is 31.5 Å². The first kappa shape index (κ1) is 28.7. The third-order valence-electron chi connectivity index (χ3n) is 6.76. The standard InChI is InChI=1S/C26H27F4N7O3/c1-13-11-37(12-14(2)36(13)4)22-7-20(27)17(16-8-32-25(33-9-16)34-15(3)38)5-21(22)35-24(40)18-10-31-23(39)6-19(18)26(28,29)30/h5-10,13-14H,11-12H2,1-4H3,(H,31,39)(H,35,40)(H,32,33,34,38)/t13-,14+. The van der Waals surface area contributed by atoms with Gasteiger partial charge < -0.3 is 15.2 Å². The molecule has 3 N–H and O–H groups in total. The number of amides is 2. The molecule has 40 heavy (non-hydrogen) atoms. The Morgan fingerprint density at radius 3 is 2.25 bits per heavy atom. The Morgan fingerprint density at radius 1 is 1.05 bits per heavy atom. The number of carbonyl (C=O) groups excluding carboxylic acids is 2. The number of H-pyrrole nitrogens is 1. The molecule has 212 valence electrons. The monoisotopic (exact) mass is 561 g/mol. The maximum atomic E-state index is 15.5. The molecule has 2 aromatic heterocycles. The largest absolute Gasteiger partial charge is 0.417 e. The van der Waals surface area contributed by atoms with Gasteiger partial charge in [-0.2, -0.15) is 13.2 Å². The first-order chi connectivity index (χ1) is 18.7. The first-order valence-corrected chi connectivity index (χ1v) is 12.3. The summed E-state index contributed by atoms with van der Waals surface area (Å²) in [5.41, 5.74) is -2.72. The van der Waals surface area contributed by atoms with Crippen LogP contribution in [0.1, 0.15) is 36.7 Å². The van der Waals surface area contributed by atoms with Crippen LogP contribution in [0, 0.1) is 5.82 Å². The highest BCUT2D eigenvalue weighted by Gasteiger charge is 2.36. The molecular weight excluding hydrogens is 534 g/mol. The molecule has 0 radical (unpaired) electrons. The molecule has 3 heterocycles. The van der Waals surface area contributed by atoms with Gasteiger partial charge in [-0.25, -0.2) is 14.4 Å². The number of nitrogens with zero attached hydrogens (tertiary/aromatic N) is 4. The Bertz CT molecular complexity index is 1480. The number of likely N-dealkylation sites (N-methyl/N-ethyl adjacent to an activating group) is 1. The second-order valence-electron chi connectivity index (χ2n) is 9.67. The van der Waals surface area contributed by atoms with Crippen molar-refractivity contribution in [3.63, 3.8) is 0 Å². The van der Waals surface area contributed by atoms with E-state index in [4.69, 9.17) is 0 Å². The molecule has 0 aliphatic carbocycles. The van der Waals surface area contributed by atoms with Crippen molar-refractivity contribution >= 4 is 29.1 Å². The van der Waals surface area contributed by atoms with E-state index in [2.05, 4.69) is 30.5 Å². The number of hydrogen-bond donors (Lipinski definition) is 3. The van der Waals surface area contributed by atoms with Crippen molar-refractivity contribution < 1.29 is 27.2 Å². The third-order valence-corrected chi connectivity index (χ3v) is 6.76. The molecule has 3 aromatic rings. The van der Waals surface area contributed by atoms with Gasteiger partial charge in [-0.1, -0.05) is 0 Å². The van der Waals surface area contributed by atoms with Crippen molar-refractivity contribution in [2.24, 2.45) is 0 Å². The Balaban J connectivity index is 1.79. The van der Waals surface area contributed by atoms with Crippen molar-refractivity contribution in [2.75, 3.05) is 35.7 Å². The van der Waals surface area contributed by atoms with Crippen molar-refractivity contribution in [2.45, 2.75) is 39.0 Å². The predicted octanol–water partition coefficient (Wildman–Crippen LogP) is 3.73. The lowest BCUT2D eigenvalue weighted by Gasteiger charge is -2.44. The van der Waals surface area contributed by atoms with Crippen LogP contribution in [-0.4, -0.2) is 63.9 Å². The zero-order chi connectivity index (χ0) is 29.4. The lowest BCUT2D eigenvalue weighted by atomic mass is 10.0. The van der Waals surface area contributed by atoms with Crippen LogP contribution in [0.25, 0.3) is 11.1 Å². The van der Waals surface area contributed by atoms with Gasteiger partial charge in [0.2, 0.25) is 17.4 Å². The molecule has 2 amide bonds. The number of piperazine rings is 1. The minimum Gasteiger partial charge on any atom is -0.367 e. The van der Waals surface area contributed by atoms with E-state index in [0.717, 1.165) is 0 Å². The van der Waals surface area contributed by atoms with Crippen molar-refractivity contribution in [3.8, 4) is 11.1 Å². The van der Waals surface area contributed by atoms with Crippen molar-refractivity contribution in [1.82, 2.24) is 19.9 Å². The molecule has 10 nitrogen and oxygen atoms in total. The fraction of sp³-hybridized carbons (Fsp3) is 0.346. The van der Waals surface area contributed by atoms with Crippen LogP contribution in [0.2, 0.25) is 0 Å². The molecule has 0 unspecified atom stereocenters. The number of anilines is 3. The Kier molecular flexibility index (Phi) is 7.91. The van der Waals surface area contributed by atoms with Gasteiger partial charge in [-0.05, 0) is 33.0 Å². The van der Waals surface area contributed by atoms with E-state index < -0.39 is 40.5 Å². The molecule has 0 bridgehead atoms. The number of aromatic amines is 1. The number of rotatable bonds is 5. The SMILES string of the molecule is CC(=O)Nc1ncc(-c2cc(NC(=O)c3c[nH]c(=O)cc3C(F)(F)F)c(N3C[C@@H](C)N(C)[C@@H](C)C3)cc2F)cn1. The highest BCUT2D eigenvalue weighted by molar-refractivity contribution is 6.07. The second-order valence-corrected chi connectivity index (χ2v) is 9.67. The predicted molar refractivity (Wildman–Crippen MR) is 141 cm³/mol. The number of pyridine rings is 1. The van der Waals surface area contributed by atoms with Gasteiger partial charge in [0.1, 0.15) is 5.82 Å². The average molecular weight is 562 g/mol. The highest BCUT2D eigenvalue weighted by atomic mass is 19.4. The maximum Gasteiger partial charge on any atom is 0.417 e. The number of benzene rings is 1. The van der Waals surface area contributed by atoms with Gasteiger partial charge in [-0.15, -0.1) is 0 Å². The average Bonchev–Trinajstić information content (AvgIpc) is 2.87. The second kappa shape index (κ2) is 11.0. The van der Waals surface area contributed by atoms with Crippen LogP contribution in [0.15, 0.2) is 41.6 Å². The molecule has 4 rings (SSSR count). The Labute approximate surface area is 226 Å². The number of alkyl halides is 3. The van der Waals surface area contributed by atoms with Crippen LogP contribution in [0.5, 0.6) is 0 Å². The minimum atomic E-state index is -4.97. The summed E-state index contributed by atoms with van der Waals surface area (Å²) in [4.78, 5) is 50.1. The summed E-state index contributed by atoms with van der Waals surface area (Å²) >= 11 is 0. The molecule has 1 aliphatic heterocycles. The van der Waals surface area contributed by atoms with E-state index in [-0.39, 0.29) is 40.5 Å². The van der Waals surface area contributed by atoms with Gasteiger partial charge in [0.25, 0.3) is 5.91 Å². The first-order valence-electron chi connectivity index (χ1n) is 12.3. The molecule has 2 atom stereocenters. The fourth-order valence-electron chi connectivity index (χ4n) is 4.52. The number of hydrogen-bond acceptors (Lipinski definition) is 7. The van der Waals surface area contributed by atoms with Crippen LogP contribution in [0.4, 0.5) is 34.9 Å². The minimum absolute atomic E-state index is 0.0000311. The van der Waals surface area contributed by atoms with Gasteiger partial charge in [0, 0.05) is 67.9 Å². The molecule has 1 fully saturated rings. The van der Waals surface area contributed by atoms with Crippen LogP contribution < -0.4 is 21.1 Å². The smallest absolute Gasteiger partial charge is 0.367 e. The number of carbonyl (C=O) groups is 2. The number of halogens is 4. The van der Waals surface area contributed by atoms with Gasteiger partial charge in [-0.3, -0.25) is 24.6 Å². The number of aromatic nitrogens is 3. The quantitative estimate of drug-likeness (QED) is 0.406. The lowest BCUT2D eigenvalue weighted by molar-refractivity contribution is -0.138. The van der Waals surface area contributed by atoms with Crippen LogP contribution >= 0.6 is 0 Å². The molecule has 1 saturated heterocycles. The van der Waals surface area contributed by atoms with E-state index in [9.17, 15) is 27.6 Å². The highest BCUT2D eigenvalue weighted by Crippen LogP contribution is 2.37. The topological polar surface area (TPSA) is 123 Å². The van der Waals surface area contributed by atoms with E-state index >= 15 is 4.39 Å². The lowest BCUT2D eigenvalue weighted by Crippen LogP contribution is -2.55. The van der Waals surface area contributed by atoms with Gasteiger partial charge >= 0.3 is 6.18 Å². The van der Waals surface area contributed by atoms with E-state index in [1.54, 1.807) is 0 Å². The van der Waals surface area contributed by atoms with Gasteiger partial charge in [0.15, 0.2) is 0 Å². The molecule has 1 aliphatic rings. The number of nitrogens with one attached hydrogen (secondary N) is 3. The van der Waals surface area contributed by atoms with Gasteiger partial charge in [0.05, 0.1) is 22.5 Å². The molecule has 1 aromatic carbocycles. The van der Waals surface area contributed by atoms with Crippen LogP contribution in [-0.2, 0) is 11.0 Å². The molecular formula is C26H27F4N7O3. The third kappa shape index (κ3) is 6.11. The zero-order valence-corrected chi connectivity index (χ0v) is 22.1. The summed E-state index contributed by atoms with van der Waals surface area (Å²) in [7, 11) is 1.96. The van der Waals surface area contributed by atoms with Crippen molar-refractivity contribution in [3.05, 3.63) is 64.1 Å². The normalized spacial score (nSPS) is 17.9. The summed E-state index contributed by atoms with van der Waals surface area (Å²) in [5, 5.41) is 4.89. The Morgan fingerprint density at radius 2 is 1.68 bits per heavy atom. The molecule has 14 heteroatoms. The fourth-order valence-corrected chi connectivity index (χ4v) is 4.52. The van der Waals surface area contributed by atoms with Crippen molar-refractivity contribution in [1.29, 1.82) is 0 Å². The van der Waals surface area contributed by atoms with Crippen LogP contribution in [0.3, 0.4) is 0 Å². The van der Waals surface area contributed by atoms with E-state index in [0.29, 0.717) is 25.4 Å². The maximum absolute atomic E-state index is 15.5.